The summed E-state index contributed by atoms with van der Waals surface area (Å²) in [5, 5.41) is 7.32. The van der Waals surface area contributed by atoms with Crippen molar-refractivity contribution in [2.45, 2.75) is 20.4 Å². The Morgan fingerprint density at radius 3 is 2.43 bits per heavy atom. The van der Waals surface area contributed by atoms with E-state index < -0.39 is 0 Å². The van der Waals surface area contributed by atoms with Crippen LogP contribution < -0.4 is 15.6 Å². The summed E-state index contributed by atoms with van der Waals surface area (Å²) in [7, 11) is 0. The summed E-state index contributed by atoms with van der Waals surface area (Å²) in [6, 6.07) is 16.8. The molecule has 3 heterocycles. The second kappa shape index (κ2) is 10.4. The lowest BCUT2D eigenvalue weighted by Gasteiger charge is -2.09. The van der Waals surface area contributed by atoms with Gasteiger partial charge in [-0.15, -0.1) is 0 Å². The van der Waals surface area contributed by atoms with Gasteiger partial charge in [0.2, 0.25) is 0 Å². The SMILES string of the molecule is CCOc1ccc(-c2ccc(=O)n(CCNC(=O)c3sc4nc(-c5ccc(F)cc5)cn4c3C)n2)cc1. The smallest absolute Gasteiger partial charge is 0.266 e. The minimum absolute atomic E-state index is 0.228. The maximum absolute atomic E-state index is 13.2. The molecule has 5 rings (SSSR count). The number of halogens is 1. The summed E-state index contributed by atoms with van der Waals surface area (Å²) in [4.78, 5) is 31.0. The number of carbonyl (C=O) groups is 1. The Labute approximate surface area is 216 Å². The van der Waals surface area contributed by atoms with Gasteiger partial charge in [-0.05, 0) is 68.4 Å². The maximum Gasteiger partial charge on any atom is 0.266 e. The van der Waals surface area contributed by atoms with Crippen LogP contribution in [0.4, 0.5) is 4.39 Å². The van der Waals surface area contributed by atoms with Gasteiger partial charge in [0.25, 0.3) is 11.5 Å². The number of nitrogens with zero attached hydrogens (tertiary/aromatic N) is 4. The molecule has 37 heavy (non-hydrogen) atoms. The molecule has 188 valence electrons. The minimum atomic E-state index is -0.305. The number of aryl methyl sites for hydroxylation is 1. The van der Waals surface area contributed by atoms with Crippen LogP contribution in [0.3, 0.4) is 0 Å². The van der Waals surface area contributed by atoms with E-state index in [1.165, 1.54) is 34.2 Å². The molecule has 0 bridgehead atoms. The van der Waals surface area contributed by atoms with E-state index in [4.69, 9.17) is 4.74 Å². The van der Waals surface area contributed by atoms with Crippen molar-refractivity contribution in [3.05, 3.63) is 93.6 Å². The molecule has 10 heteroatoms. The quantitative estimate of drug-likeness (QED) is 0.326. The summed E-state index contributed by atoms with van der Waals surface area (Å²) in [5.41, 5.74) is 3.53. The summed E-state index contributed by atoms with van der Waals surface area (Å²) in [5.74, 6) is 0.220. The highest BCUT2D eigenvalue weighted by molar-refractivity contribution is 7.19. The van der Waals surface area contributed by atoms with Crippen LogP contribution in [-0.2, 0) is 6.54 Å². The van der Waals surface area contributed by atoms with Crippen molar-refractivity contribution in [1.82, 2.24) is 24.5 Å². The Hall–Kier alpha value is -4.31. The molecule has 0 aliphatic rings. The van der Waals surface area contributed by atoms with E-state index in [2.05, 4.69) is 15.4 Å². The number of benzene rings is 2. The third kappa shape index (κ3) is 5.14. The number of aromatic nitrogens is 4. The van der Waals surface area contributed by atoms with Gasteiger partial charge in [-0.3, -0.25) is 14.0 Å². The number of fused-ring (bicyclic) bond motifs is 1. The first kappa shape index (κ1) is 24.4. The Morgan fingerprint density at radius 1 is 1.03 bits per heavy atom. The lowest BCUT2D eigenvalue weighted by atomic mass is 10.1. The molecule has 0 saturated heterocycles. The van der Waals surface area contributed by atoms with E-state index >= 15 is 0 Å². The number of rotatable bonds is 8. The predicted octanol–water partition coefficient (Wildman–Crippen LogP) is 4.56. The van der Waals surface area contributed by atoms with Crippen LogP contribution in [0.5, 0.6) is 5.75 Å². The second-order valence-electron chi connectivity index (χ2n) is 8.30. The lowest BCUT2D eigenvalue weighted by Crippen LogP contribution is -2.31. The summed E-state index contributed by atoms with van der Waals surface area (Å²) >= 11 is 1.28. The molecule has 0 fully saturated rings. The normalized spacial score (nSPS) is 11.1. The third-order valence-electron chi connectivity index (χ3n) is 5.84. The first-order valence-corrected chi connectivity index (χ1v) is 12.6. The number of hydrogen-bond donors (Lipinski definition) is 1. The van der Waals surface area contributed by atoms with Gasteiger partial charge < -0.3 is 10.1 Å². The van der Waals surface area contributed by atoms with Gasteiger partial charge in [0.15, 0.2) is 4.96 Å². The Kier molecular flexibility index (Phi) is 6.82. The molecule has 3 aromatic heterocycles. The van der Waals surface area contributed by atoms with Crippen molar-refractivity contribution in [3.8, 4) is 28.3 Å². The first-order valence-electron chi connectivity index (χ1n) is 11.8. The van der Waals surface area contributed by atoms with Crippen molar-refractivity contribution >= 4 is 22.2 Å². The molecule has 8 nitrogen and oxygen atoms in total. The zero-order valence-electron chi connectivity index (χ0n) is 20.3. The van der Waals surface area contributed by atoms with Crippen LogP contribution in [-0.4, -0.2) is 38.2 Å². The third-order valence-corrected chi connectivity index (χ3v) is 7.00. The molecule has 5 aromatic rings. The molecule has 1 N–H and O–H groups in total. The number of hydrogen-bond acceptors (Lipinski definition) is 6. The zero-order chi connectivity index (χ0) is 25.9. The highest BCUT2D eigenvalue weighted by Crippen LogP contribution is 2.27. The molecule has 0 spiro atoms. The highest BCUT2D eigenvalue weighted by atomic mass is 32.1. The van der Waals surface area contributed by atoms with Gasteiger partial charge >= 0.3 is 0 Å². The fourth-order valence-corrected chi connectivity index (χ4v) is 4.95. The van der Waals surface area contributed by atoms with Crippen molar-refractivity contribution < 1.29 is 13.9 Å². The van der Waals surface area contributed by atoms with Gasteiger partial charge in [0.05, 0.1) is 24.5 Å². The summed E-state index contributed by atoms with van der Waals surface area (Å²) < 4.78 is 21.9. The van der Waals surface area contributed by atoms with E-state index in [9.17, 15) is 14.0 Å². The zero-order valence-corrected chi connectivity index (χ0v) is 21.1. The number of imidazole rings is 1. The van der Waals surface area contributed by atoms with Crippen molar-refractivity contribution in [1.29, 1.82) is 0 Å². The number of nitrogens with one attached hydrogen (secondary N) is 1. The van der Waals surface area contributed by atoms with E-state index in [0.717, 1.165) is 22.6 Å². The van der Waals surface area contributed by atoms with E-state index in [-0.39, 0.29) is 30.4 Å². The molecule has 0 radical (unpaired) electrons. The Balaban J connectivity index is 1.26. The molecular weight excluding hydrogens is 493 g/mol. The molecule has 0 unspecified atom stereocenters. The number of amides is 1. The summed E-state index contributed by atoms with van der Waals surface area (Å²) in [6.07, 6.45) is 1.83. The van der Waals surface area contributed by atoms with E-state index in [1.54, 1.807) is 18.2 Å². The molecule has 0 aliphatic carbocycles. The number of carbonyl (C=O) groups excluding carboxylic acids is 1. The van der Waals surface area contributed by atoms with Crippen molar-refractivity contribution in [2.24, 2.45) is 0 Å². The van der Waals surface area contributed by atoms with Gasteiger partial charge in [-0.2, -0.15) is 5.10 Å². The fraction of sp³-hybridized carbons (Fsp3) is 0.185. The second-order valence-corrected chi connectivity index (χ2v) is 9.27. The molecule has 0 aliphatic heterocycles. The summed E-state index contributed by atoms with van der Waals surface area (Å²) in [6.45, 7) is 4.82. The molecule has 1 amide bonds. The van der Waals surface area contributed by atoms with Gasteiger partial charge in [-0.25, -0.2) is 14.1 Å². The van der Waals surface area contributed by atoms with Gasteiger partial charge in [0.1, 0.15) is 16.4 Å². The van der Waals surface area contributed by atoms with Crippen LogP contribution in [0.1, 0.15) is 22.3 Å². The molecule has 0 atom stereocenters. The largest absolute Gasteiger partial charge is 0.494 e. The van der Waals surface area contributed by atoms with Gasteiger partial charge in [-0.1, -0.05) is 11.3 Å². The average molecular weight is 518 g/mol. The Morgan fingerprint density at radius 2 is 1.73 bits per heavy atom. The van der Waals surface area contributed by atoms with E-state index in [1.807, 2.05) is 48.7 Å². The van der Waals surface area contributed by atoms with Crippen molar-refractivity contribution in [2.75, 3.05) is 13.2 Å². The first-order chi connectivity index (χ1) is 17.9. The fourth-order valence-electron chi connectivity index (χ4n) is 3.93. The molecular formula is C27H24FN5O3S. The average Bonchev–Trinajstić information content (AvgIpc) is 3.45. The Bertz CT molecular complexity index is 1620. The van der Waals surface area contributed by atoms with Crippen molar-refractivity contribution in [3.63, 3.8) is 0 Å². The van der Waals surface area contributed by atoms with Gasteiger partial charge in [0, 0.05) is 35.6 Å². The van der Waals surface area contributed by atoms with Crippen LogP contribution in [0.2, 0.25) is 0 Å². The number of ether oxygens (including phenoxy) is 1. The monoisotopic (exact) mass is 517 g/mol. The maximum atomic E-state index is 13.2. The highest BCUT2D eigenvalue weighted by Gasteiger charge is 2.18. The number of thiazole rings is 1. The predicted molar refractivity (Wildman–Crippen MR) is 141 cm³/mol. The standard InChI is InChI=1S/C27H24FN5O3S/c1-3-36-21-10-6-18(7-11-21)22-12-13-24(34)33(31-22)15-14-29-26(35)25-17(2)32-16-23(30-27(32)37-25)19-4-8-20(28)9-5-19/h4-13,16H,3,14-15H2,1-2H3,(H,29,35). The molecule has 0 saturated carbocycles. The van der Waals surface area contributed by atoms with Crippen LogP contribution in [0, 0.1) is 12.7 Å². The van der Waals surface area contributed by atoms with Crippen LogP contribution in [0.25, 0.3) is 27.5 Å². The van der Waals surface area contributed by atoms with E-state index in [0.29, 0.717) is 27.8 Å². The van der Waals surface area contributed by atoms with Crippen LogP contribution in [0.15, 0.2) is 71.7 Å². The van der Waals surface area contributed by atoms with Crippen LogP contribution >= 0.6 is 11.3 Å². The molecule has 2 aromatic carbocycles. The topological polar surface area (TPSA) is 90.5 Å². The lowest BCUT2D eigenvalue weighted by molar-refractivity contribution is 0.0955. The minimum Gasteiger partial charge on any atom is -0.494 e.